The molecule has 0 radical (unpaired) electrons. The summed E-state index contributed by atoms with van der Waals surface area (Å²) < 4.78 is 29.2. The van der Waals surface area contributed by atoms with Gasteiger partial charge in [0.25, 0.3) is 0 Å². The number of anilines is 1. The minimum Gasteiger partial charge on any atom is -0.302 e. The number of rotatable bonds is 9. The second-order valence-electron chi connectivity index (χ2n) is 8.21. The van der Waals surface area contributed by atoms with Crippen molar-refractivity contribution in [3.05, 3.63) is 53.6 Å². The van der Waals surface area contributed by atoms with Crippen molar-refractivity contribution in [2.24, 2.45) is 0 Å². The molecule has 34 heavy (non-hydrogen) atoms. The highest BCUT2D eigenvalue weighted by molar-refractivity contribution is 7.89. The smallest absolute Gasteiger partial charge is 0.247 e. The van der Waals surface area contributed by atoms with E-state index in [4.69, 9.17) is 16.6 Å². The Balaban J connectivity index is 1.66. The summed E-state index contributed by atoms with van der Waals surface area (Å²) in [7, 11) is -3.83. The first-order valence-electron chi connectivity index (χ1n) is 11.5. The number of hydrogen-bond donors (Lipinski definition) is 0. The first-order valence-corrected chi connectivity index (χ1v) is 14.1. The SMILES string of the molecule is CCN(CC)CCN(C(=O)C1CCCN1S(=O)(=O)c1ccc(Cl)cc1)c1nc2ccccc2s1. The van der Waals surface area contributed by atoms with E-state index < -0.39 is 16.1 Å². The van der Waals surface area contributed by atoms with Crippen molar-refractivity contribution >= 4 is 54.2 Å². The molecule has 10 heteroatoms. The molecule has 1 aromatic heterocycles. The summed E-state index contributed by atoms with van der Waals surface area (Å²) in [5.41, 5.74) is 0.834. The zero-order chi connectivity index (χ0) is 24.3. The number of amides is 1. The number of para-hydroxylation sites is 1. The van der Waals surface area contributed by atoms with Crippen LogP contribution in [0.1, 0.15) is 26.7 Å². The minimum atomic E-state index is -3.83. The molecule has 7 nitrogen and oxygen atoms in total. The average molecular weight is 521 g/mol. The highest BCUT2D eigenvalue weighted by atomic mass is 35.5. The van der Waals surface area contributed by atoms with E-state index in [1.807, 2.05) is 24.3 Å². The Morgan fingerprint density at radius 1 is 1.12 bits per heavy atom. The predicted molar refractivity (Wildman–Crippen MR) is 138 cm³/mol. The van der Waals surface area contributed by atoms with Crippen molar-refractivity contribution in [1.82, 2.24) is 14.2 Å². The van der Waals surface area contributed by atoms with E-state index >= 15 is 0 Å². The Morgan fingerprint density at radius 3 is 2.50 bits per heavy atom. The fourth-order valence-corrected chi connectivity index (χ4v) is 7.03. The molecule has 0 aliphatic carbocycles. The van der Waals surface area contributed by atoms with Crippen molar-refractivity contribution in [2.45, 2.75) is 37.6 Å². The van der Waals surface area contributed by atoms with E-state index in [1.165, 1.54) is 27.8 Å². The van der Waals surface area contributed by atoms with Crippen LogP contribution in [0.2, 0.25) is 5.02 Å². The summed E-state index contributed by atoms with van der Waals surface area (Å²) in [6, 6.07) is 13.1. The summed E-state index contributed by atoms with van der Waals surface area (Å²) in [5, 5.41) is 1.07. The molecule has 1 fully saturated rings. The number of halogens is 1. The van der Waals surface area contributed by atoms with Crippen LogP contribution in [0.15, 0.2) is 53.4 Å². The van der Waals surface area contributed by atoms with Gasteiger partial charge in [0.05, 0.1) is 15.1 Å². The van der Waals surface area contributed by atoms with Crippen LogP contribution < -0.4 is 4.90 Å². The van der Waals surface area contributed by atoms with Gasteiger partial charge in [-0.05, 0) is 62.3 Å². The monoisotopic (exact) mass is 520 g/mol. The van der Waals surface area contributed by atoms with Gasteiger partial charge >= 0.3 is 0 Å². The maximum Gasteiger partial charge on any atom is 0.247 e. The van der Waals surface area contributed by atoms with E-state index in [1.54, 1.807) is 17.0 Å². The molecule has 1 aliphatic heterocycles. The maximum absolute atomic E-state index is 13.9. The molecule has 4 rings (SSSR count). The molecule has 2 aromatic carbocycles. The van der Waals surface area contributed by atoms with Crippen LogP contribution >= 0.6 is 22.9 Å². The topological polar surface area (TPSA) is 73.8 Å². The Labute approximate surface area is 210 Å². The third kappa shape index (κ3) is 5.13. The second-order valence-corrected chi connectivity index (χ2v) is 11.5. The first kappa shape index (κ1) is 25.1. The van der Waals surface area contributed by atoms with Crippen LogP contribution in [0.4, 0.5) is 5.13 Å². The van der Waals surface area contributed by atoms with E-state index in [0.717, 1.165) is 23.3 Å². The third-order valence-electron chi connectivity index (χ3n) is 6.22. The molecule has 0 saturated carbocycles. The van der Waals surface area contributed by atoms with Gasteiger partial charge in [-0.1, -0.05) is 48.9 Å². The number of hydrogen-bond acceptors (Lipinski definition) is 6. The fraction of sp³-hybridized carbons (Fsp3) is 0.417. The van der Waals surface area contributed by atoms with Gasteiger partial charge in [-0.15, -0.1) is 0 Å². The Hall–Kier alpha value is -2.04. The summed E-state index contributed by atoms with van der Waals surface area (Å²) in [5.74, 6) is -0.221. The molecule has 1 saturated heterocycles. The Morgan fingerprint density at radius 2 is 1.82 bits per heavy atom. The quantitative estimate of drug-likeness (QED) is 0.416. The standard InChI is InChI=1S/C24H29ClN4O3S2/c1-3-27(4-2)16-17-28(24-26-20-8-5-6-10-22(20)33-24)23(30)21-9-7-15-29(21)34(31,32)19-13-11-18(25)12-14-19/h5-6,8,10-14,21H,3-4,7,9,15-17H2,1-2H3. The van der Waals surface area contributed by atoms with Crippen LogP contribution in [-0.4, -0.2) is 67.3 Å². The number of carbonyl (C=O) groups excluding carboxylic acids is 1. The highest BCUT2D eigenvalue weighted by Crippen LogP contribution is 2.32. The number of aromatic nitrogens is 1. The summed E-state index contributed by atoms with van der Waals surface area (Å²) in [6.07, 6.45) is 1.12. The number of likely N-dealkylation sites (N-methyl/N-ethyl adjacent to an activating group) is 1. The second kappa shape index (κ2) is 10.7. The molecule has 3 aromatic rings. The van der Waals surface area contributed by atoms with Gasteiger partial charge in [0.1, 0.15) is 6.04 Å². The van der Waals surface area contributed by atoms with Crippen molar-refractivity contribution in [2.75, 3.05) is 37.6 Å². The van der Waals surface area contributed by atoms with E-state index in [0.29, 0.717) is 42.6 Å². The number of thiazole rings is 1. The maximum atomic E-state index is 13.9. The summed E-state index contributed by atoms with van der Waals surface area (Å²) in [4.78, 5) is 22.7. The van der Waals surface area contributed by atoms with Crippen LogP contribution in [-0.2, 0) is 14.8 Å². The third-order valence-corrected chi connectivity index (χ3v) is 9.46. The van der Waals surface area contributed by atoms with Crippen LogP contribution in [0.25, 0.3) is 10.2 Å². The molecule has 0 spiro atoms. The zero-order valence-corrected chi connectivity index (χ0v) is 21.7. The molecular weight excluding hydrogens is 492 g/mol. The molecular formula is C24H29ClN4O3S2. The predicted octanol–water partition coefficient (Wildman–Crippen LogP) is 4.48. The normalized spacial score (nSPS) is 17.0. The van der Waals surface area contributed by atoms with Gasteiger partial charge in [-0.2, -0.15) is 4.31 Å². The van der Waals surface area contributed by atoms with Crippen molar-refractivity contribution in [3.63, 3.8) is 0 Å². The molecule has 1 unspecified atom stereocenters. The number of fused-ring (bicyclic) bond motifs is 1. The van der Waals surface area contributed by atoms with Gasteiger partial charge in [-0.25, -0.2) is 13.4 Å². The lowest BCUT2D eigenvalue weighted by Gasteiger charge is -2.30. The van der Waals surface area contributed by atoms with Crippen molar-refractivity contribution in [3.8, 4) is 0 Å². The van der Waals surface area contributed by atoms with Gasteiger partial charge in [0.2, 0.25) is 15.9 Å². The van der Waals surface area contributed by atoms with Crippen molar-refractivity contribution in [1.29, 1.82) is 0 Å². The number of nitrogens with zero attached hydrogens (tertiary/aromatic N) is 4. The van der Waals surface area contributed by atoms with Crippen LogP contribution in [0, 0.1) is 0 Å². The highest BCUT2D eigenvalue weighted by Gasteiger charge is 2.42. The summed E-state index contributed by atoms with van der Waals surface area (Å²) >= 11 is 7.41. The van der Waals surface area contributed by atoms with Gasteiger partial charge in [-0.3, -0.25) is 9.69 Å². The summed E-state index contributed by atoms with van der Waals surface area (Å²) in [6.45, 7) is 7.37. The molecule has 182 valence electrons. The lowest BCUT2D eigenvalue weighted by atomic mass is 10.2. The lowest BCUT2D eigenvalue weighted by molar-refractivity contribution is -0.121. The average Bonchev–Trinajstić information content (AvgIpc) is 3.49. The molecule has 0 N–H and O–H groups in total. The largest absolute Gasteiger partial charge is 0.302 e. The van der Waals surface area contributed by atoms with Crippen LogP contribution in [0.5, 0.6) is 0 Å². The zero-order valence-electron chi connectivity index (χ0n) is 19.4. The molecule has 2 heterocycles. The van der Waals surface area contributed by atoms with Gasteiger partial charge in [0, 0.05) is 24.7 Å². The Bertz CT molecular complexity index is 1210. The van der Waals surface area contributed by atoms with E-state index in [9.17, 15) is 13.2 Å². The molecule has 1 amide bonds. The lowest BCUT2D eigenvalue weighted by Crippen LogP contribution is -2.49. The molecule has 1 aliphatic rings. The number of benzene rings is 2. The minimum absolute atomic E-state index is 0.145. The van der Waals surface area contributed by atoms with Crippen LogP contribution in [0.3, 0.4) is 0 Å². The number of carbonyl (C=O) groups is 1. The van der Waals surface area contributed by atoms with E-state index in [-0.39, 0.29) is 10.8 Å². The van der Waals surface area contributed by atoms with Gasteiger partial charge < -0.3 is 4.90 Å². The fourth-order valence-electron chi connectivity index (χ4n) is 4.25. The molecule has 0 bridgehead atoms. The number of sulfonamides is 1. The van der Waals surface area contributed by atoms with E-state index in [2.05, 4.69) is 18.7 Å². The first-order chi connectivity index (χ1) is 16.3. The van der Waals surface area contributed by atoms with Crippen molar-refractivity contribution < 1.29 is 13.2 Å². The molecule has 1 atom stereocenters. The Kier molecular flexibility index (Phi) is 7.89. The van der Waals surface area contributed by atoms with Gasteiger partial charge in [0.15, 0.2) is 5.13 Å².